The molecule has 1 rings (SSSR count). The molecule has 100 valence electrons. The maximum atomic E-state index is 13.5. The molecule has 5 heteroatoms. The molecule has 0 unspecified atom stereocenters. The zero-order valence-corrected chi connectivity index (χ0v) is 13.2. The molecule has 1 aromatic carbocycles. The fourth-order valence-electron chi connectivity index (χ4n) is 0.982. The first-order chi connectivity index (χ1) is 8.15. The smallest absolute Gasteiger partial charge is 0.286 e. The lowest BCUT2D eigenvalue weighted by Gasteiger charge is -2.33. The van der Waals surface area contributed by atoms with Crippen molar-refractivity contribution in [3.8, 4) is 0 Å². The van der Waals surface area contributed by atoms with E-state index in [1.165, 1.54) is 12.3 Å². The maximum Gasteiger partial charge on any atom is 0.286 e. The van der Waals surface area contributed by atoms with Crippen LogP contribution in [0.15, 0.2) is 23.4 Å². The normalized spacial score (nSPS) is 13.1. The van der Waals surface area contributed by atoms with Crippen molar-refractivity contribution in [3.05, 3.63) is 34.6 Å². The summed E-state index contributed by atoms with van der Waals surface area (Å²) in [6.45, 7) is 10.5. The van der Waals surface area contributed by atoms with E-state index in [1.807, 2.05) is 0 Å². The first-order valence-corrected chi connectivity index (χ1v) is 9.09. The molecule has 0 N–H and O–H groups in total. The minimum atomic E-state index is -1.96. The summed E-state index contributed by atoms with van der Waals surface area (Å²) in [4.78, 5) is 0. The Balaban J connectivity index is 2.84. The quantitative estimate of drug-likeness (QED) is 0.443. The van der Waals surface area contributed by atoms with Crippen molar-refractivity contribution < 1.29 is 8.92 Å². The van der Waals surface area contributed by atoms with Gasteiger partial charge in [0.05, 0.1) is 16.8 Å². The van der Waals surface area contributed by atoms with Gasteiger partial charge >= 0.3 is 0 Å². The molecule has 0 radical (unpaired) electrons. The Hall–Kier alpha value is -0.873. The first-order valence-electron chi connectivity index (χ1n) is 5.81. The van der Waals surface area contributed by atoms with Crippen LogP contribution in [0, 0.1) is 5.82 Å². The number of hydrogen-bond donors (Lipinski definition) is 0. The molecule has 18 heavy (non-hydrogen) atoms. The summed E-state index contributed by atoms with van der Waals surface area (Å²) in [5.74, 6) is -0.398. The van der Waals surface area contributed by atoms with E-state index in [0.717, 1.165) is 0 Å². The molecule has 0 fully saturated rings. The molecule has 0 spiro atoms. The number of benzene rings is 1. The van der Waals surface area contributed by atoms with E-state index >= 15 is 0 Å². The Labute approximate surface area is 114 Å². The fourth-order valence-corrected chi connectivity index (χ4v) is 1.78. The van der Waals surface area contributed by atoms with Gasteiger partial charge in [0.25, 0.3) is 8.32 Å². The second-order valence-electron chi connectivity index (χ2n) is 5.72. The van der Waals surface area contributed by atoms with E-state index in [-0.39, 0.29) is 10.6 Å². The number of rotatable bonds is 3. The van der Waals surface area contributed by atoms with Crippen molar-refractivity contribution in [2.24, 2.45) is 5.16 Å². The largest absolute Gasteiger partial charge is 0.455 e. The molecule has 0 aliphatic rings. The van der Waals surface area contributed by atoms with Crippen LogP contribution in [0.1, 0.15) is 26.3 Å². The molecule has 0 bridgehead atoms. The minimum Gasteiger partial charge on any atom is -0.455 e. The molecule has 0 amide bonds. The van der Waals surface area contributed by atoms with Gasteiger partial charge in [-0.15, -0.1) is 5.16 Å². The summed E-state index contributed by atoms with van der Waals surface area (Å²) >= 11 is 5.89. The highest BCUT2D eigenvalue weighted by molar-refractivity contribution is 6.74. The maximum absolute atomic E-state index is 13.5. The Morgan fingerprint density at radius 2 is 1.94 bits per heavy atom. The van der Waals surface area contributed by atoms with Crippen LogP contribution in [-0.4, -0.2) is 14.5 Å². The highest BCUT2D eigenvalue weighted by atomic mass is 35.5. The van der Waals surface area contributed by atoms with Crippen molar-refractivity contribution in [2.45, 2.75) is 38.9 Å². The molecule has 0 aromatic heterocycles. The summed E-state index contributed by atoms with van der Waals surface area (Å²) in [5.41, 5.74) is 0.262. The van der Waals surface area contributed by atoms with Crippen LogP contribution < -0.4 is 0 Å². The van der Waals surface area contributed by atoms with Gasteiger partial charge in [0, 0.05) is 0 Å². The van der Waals surface area contributed by atoms with Crippen molar-refractivity contribution in [2.75, 3.05) is 0 Å². The molecule has 0 aliphatic carbocycles. The van der Waals surface area contributed by atoms with Crippen LogP contribution in [0.5, 0.6) is 0 Å². The van der Waals surface area contributed by atoms with E-state index in [0.29, 0.717) is 5.02 Å². The summed E-state index contributed by atoms with van der Waals surface area (Å²) in [7, 11) is -1.96. The topological polar surface area (TPSA) is 21.6 Å². The van der Waals surface area contributed by atoms with Gasteiger partial charge in [-0.2, -0.15) is 0 Å². The van der Waals surface area contributed by atoms with Crippen molar-refractivity contribution in [1.82, 2.24) is 0 Å². The summed E-state index contributed by atoms with van der Waals surface area (Å²) in [5, 5.41) is 4.30. The van der Waals surface area contributed by atoms with Crippen LogP contribution in [0.2, 0.25) is 23.2 Å². The molecule has 0 atom stereocenters. The Morgan fingerprint density at radius 1 is 1.33 bits per heavy atom. The van der Waals surface area contributed by atoms with Gasteiger partial charge in [-0.1, -0.05) is 38.4 Å². The zero-order valence-electron chi connectivity index (χ0n) is 11.4. The van der Waals surface area contributed by atoms with E-state index in [9.17, 15) is 4.39 Å². The molecule has 0 heterocycles. The Kier molecular flexibility index (Phi) is 4.56. The highest BCUT2D eigenvalue weighted by Crippen LogP contribution is 2.36. The molecule has 2 nitrogen and oxygen atoms in total. The molecule has 1 aromatic rings. The van der Waals surface area contributed by atoms with E-state index < -0.39 is 14.1 Å². The van der Waals surface area contributed by atoms with Crippen LogP contribution in [0.3, 0.4) is 0 Å². The highest BCUT2D eigenvalue weighted by Gasteiger charge is 2.39. The monoisotopic (exact) mass is 287 g/mol. The summed E-state index contributed by atoms with van der Waals surface area (Å²) < 4.78 is 19.1. The van der Waals surface area contributed by atoms with Crippen LogP contribution in [0.4, 0.5) is 4.39 Å². The average molecular weight is 288 g/mol. The minimum absolute atomic E-state index is 0.0589. The van der Waals surface area contributed by atoms with Gasteiger partial charge in [0.2, 0.25) is 0 Å². The SMILES string of the molecule is CC(C)(C)[Si](C)(C)ON=Cc1c(F)cccc1Cl. The fraction of sp³-hybridized carbons (Fsp3) is 0.462. The number of halogens is 2. The Bertz CT molecular complexity index is 435. The van der Waals surface area contributed by atoms with Gasteiger partial charge in [-0.25, -0.2) is 4.39 Å². The van der Waals surface area contributed by atoms with E-state index in [1.54, 1.807) is 12.1 Å². The van der Waals surface area contributed by atoms with Crippen molar-refractivity contribution in [1.29, 1.82) is 0 Å². The molecule has 0 saturated heterocycles. The number of hydrogen-bond acceptors (Lipinski definition) is 2. The van der Waals surface area contributed by atoms with Crippen molar-refractivity contribution >= 4 is 26.1 Å². The van der Waals surface area contributed by atoms with Crippen LogP contribution in [-0.2, 0) is 4.53 Å². The zero-order chi connectivity index (χ0) is 14.0. The third kappa shape index (κ3) is 3.56. The third-order valence-corrected chi connectivity index (χ3v) is 7.77. The predicted molar refractivity (Wildman–Crippen MR) is 77.3 cm³/mol. The van der Waals surface area contributed by atoms with E-state index in [2.05, 4.69) is 39.0 Å². The van der Waals surface area contributed by atoms with Crippen LogP contribution in [0.25, 0.3) is 0 Å². The number of nitrogens with zero attached hydrogens (tertiary/aromatic N) is 1. The standard InChI is InChI=1S/C13H19ClFNOSi/c1-13(2,3)18(4,5)17-16-9-10-11(14)7-6-8-12(10)15/h6-9H,1-5H3. The summed E-state index contributed by atoms with van der Waals surface area (Å²) in [6, 6.07) is 4.53. The molecular weight excluding hydrogens is 269 g/mol. The third-order valence-electron chi connectivity index (χ3n) is 3.27. The lowest BCUT2D eigenvalue weighted by Crippen LogP contribution is -2.39. The lowest BCUT2D eigenvalue weighted by molar-refractivity contribution is 0.310. The van der Waals surface area contributed by atoms with Crippen LogP contribution >= 0.6 is 11.6 Å². The second kappa shape index (κ2) is 5.41. The Morgan fingerprint density at radius 3 is 2.44 bits per heavy atom. The average Bonchev–Trinajstić information content (AvgIpc) is 2.20. The van der Waals surface area contributed by atoms with Gasteiger partial charge < -0.3 is 4.53 Å². The van der Waals surface area contributed by atoms with Gasteiger partial charge in [0.15, 0.2) is 0 Å². The van der Waals surface area contributed by atoms with E-state index in [4.69, 9.17) is 16.1 Å². The van der Waals surface area contributed by atoms with Gasteiger partial charge in [-0.05, 0) is 30.3 Å². The summed E-state index contributed by atoms with van der Waals surface area (Å²) in [6.07, 6.45) is 1.35. The number of oxime groups is 1. The molecule has 0 saturated carbocycles. The second-order valence-corrected chi connectivity index (χ2v) is 10.8. The molecule has 0 aliphatic heterocycles. The van der Waals surface area contributed by atoms with Gasteiger partial charge in [0.1, 0.15) is 5.82 Å². The van der Waals surface area contributed by atoms with Gasteiger partial charge in [-0.3, -0.25) is 0 Å². The molecular formula is C13H19ClFNOSi. The van der Waals surface area contributed by atoms with Crippen molar-refractivity contribution in [3.63, 3.8) is 0 Å². The predicted octanol–water partition coefficient (Wildman–Crippen LogP) is 4.83. The lowest BCUT2D eigenvalue weighted by atomic mass is 10.2. The first kappa shape index (κ1) is 15.2.